The van der Waals surface area contributed by atoms with E-state index in [9.17, 15) is 19.8 Å². The minimum atomic E-state index is -0.943. The van der Waals surface area contributed by atoms with E-state index in [4.69, 9.17) is 43.4 Å². The van der Waals surface area contributed by atoms with Crippen molar-refractivity contribution in [2.24, 2.45) is 22.9 Å². The summed E-state index contributed by atoms with van der Waals surface area (Å²) in [4.78, 5) is 19.3. The number of unbranched alkanes of at least 4 members (excludes halogenated alkanes) is 2. The predicted molar refractivity (Wildman–Crippen MR) is 114 cm³/mol. The Labute approximate surface area is 200 Å². The van der Waals surface area contributed by atoms with Gasteiger partial charge in [-0.1, -0.05) is 26.7 Å². The second-order valence-corrected chi connectivity index (χ2v) is 5.00. The fourth-order valence-electron chi connectivity index (χ4n) is 0.642. The van der Waals surface area contributed by atoms with Crippen molar-refractivity contribution in [2.45, 2.75) is 52.4 Å². The van der Waals surface area contributed by atoms with Gasteiger partial charge < -0.3 is 63.2 Å². The fourth-order valence-corrected chi connectivity index (χ4v) is 0.642. The predicted octanol–water partition coefficient (Wildman–Crippen LogP) is -4.40. The van der Waals surface area contributed by atoms with Crippen molar-refractivity contribution < 1.29 is 60.7 Å². The molecule has 0 aromatic heterocycles. The Morgan fingerprint density at radius 2 is 0.774 bits per heavy atom. The summed E-state index contributed by atoms with van der Waals surface area (Å²) < 4.78 is 0. The van der Waals surface area contributed by atoms with Crippen LogP contribution in [0, 0.1) is 0 Å². The molecule has 12 nitrogen and oxygen atoms in total. The first-order valence-corrected chi connectivity index (χ1v) is 9.84. The third-order valence-electron chi connectivity index (χ3n) is 1.99. The Morgan fingerprint density at radius 3 is 0.806 bits per heavy atom. The van der Waals surface area contributed by atoms with Crippen molar-refractivity contribution in [1.82, 2.24) is 0 Å². The van der Waals surface area contributed by atoms with Crippen molar-refractivity contribution in [3.05, 3.63) is 0 Å². The summed E-state index contributed by atoms with van der Waals surface area (Å²) in [7, 11) is 0. The first kappa shape index (κ1) is 47.9. The van der Waals surface area contributed by atoms with Crippen molar-refractivity contribution in [3.63, 3.8) is 0 Å². The molecule has 0 bridgehead atoms. The smallest absolute Gasteiger partial charge is 0.550 e. The van der Waals surface area contributed by atoms with Crippen LogP contribution >= 0.6 is 0 Å². The van der Waals surface area contributed by atoms with E-state index in [2.05, 4.69) is 0 Å². The Kier molecular flexibility index (Phi) is 97.3. The first-order valence-electron chi connectivity index (χ1n) is 9.84. The van der Waals surface area contributed by atoms with Gasteiger partial charge in [0, 0.05) is 38.1 Å². The minimum absolute atomic E-state index is 0. The maximum absolute atomic E-state index is 9.65. The van der Waals surface area contributed by atoms with Gasteiger partial charge >= 0.3 is 20.4 Å². The molecule has 0 aliphatic heterocycles. The molecule has 12 N–H and O–H groups in total. The molecule has 0 aromatic carbocycles. The first-order chi connectivity index (χ1) is 14.2. The number of aliphatic hydroxyl groups excluding tert-OH is 4. The van der Waals surface area contributed by atoms with Crippen LogP contribution in [0.5, 0.6) is 0 Å². The molecule has 0 aliphatic carbocycles. The molecular formula is C18H46N4O8Pd. The van der Waals surface area contributed by atoms with Gasteiger partial charge in [-0.05, 0) is 25.7 Å². The van der Waals surface area contributed by atoms with Crippen LogP contribution in [0.3, 0.4) is 0 Å². The van der Waals surface area contributed by atoms with Crippen LogP contribution in [0.4, 0.5) is 0 Å². The summed E-state index contributed by atoms with van der Waals surface area (Å²) in [5.74, 6) is -1.89. The molecule has 13 heteroatoms. The third kappa shape index (κ3) is 171. The van der Waals surface area contributed by atoms with E-state index in [0.29, 0.717) is 26.2 Å². The van der Waals surface area contributed by atoms with Gasteiger partial charge in [0.1, 0.15) is 0 Å². The van der Waals surface area contributed by atoms with E-state index < -0.39 is 11.9 Å². The van der Waals surface area contributed by atoms with Gasteiger partial charge in [-0.15, -0.1) is 0 Å². The summed E-state index contributed by atoms with van der Waals surface area (Å²) in [5, 5.41) is 50.3. The normalized spacial score (nSPS) is 7.81. The van der Waals surface area contributed by atoms with Crippen molar-refractivity contribution >= 4 is 11.9 Å². The summed E-state index contributed by atoms with van der Waals surface area (Å²) in [6.45, 7) is 5.78. The van der Waals surface area contributed by atoms with Gasteiger partial charge in [0.25, 0.3) is 0 Å². The minimum Gasteiger partial charge on any atom is -0.550 e. The molecule has 0 atom stereocenters. The second-order valence-electron chi connectivity index (χ2n) is 5.00. The van der Waals surface area contributed by atoms with Gasteiger partial charge in [-0.25, -0.2) is 0 Å². The molecule has 0 amide bonds. The van der Waals surface area contributed by atoms with Crippen LogP contribution in [0.15, 0.2) is 0 Å². The zero-order valence-corrected chi connectivity index (χ0v) is 20.5. The molecule has 0 unspecified atom stereocenters. The largest absolute Gasteiger partial charge is 2.00 e. The Hall–Kier alpha value is -0.718. The Balaban J connectivity index is -0.0000000453. The van der Waals surface area contributed by atoms with Crippen molar-refractivity contribution in [1.29, 1.82) is 0 Å². The number of hydrogen-bond donors (Lipinski definition) is 8. The number of carbonyl (C=O) groups is 2. The van der Waals surface area contributed by atoms with E-state index in [1.165, 1.54) is 0 Å². The summed E-state index contributed by atoms with van der Waals surface area (Å²) in [5.41, 5.74) is 19.1. The van der Waals surface area contributed by atoms with Gasteiger partial charge in [-0.3, -0.25) is 0 Å². The van der Waals surface area contributed by atoms with Crippen molar-refractivity contribution in [2.75, 3.05) is 52.6 Å². The van der Waals surface area contributed by atoms with E-state index in [0.717, 1.165) is 25.7 Å². The molecule has 0 saturated carbocycles. The number of nitrogens with two attached hydrogens (primary N) is 4. The monoisotopic (exact) mass is 552 g/mol. The average Bonchev–Trinajstić information content (AvgIpc) is 2.77. The SMILES string of the molecule is CCCCC(=O)[O-].CCCCC(=O)[O-].NCCO.NCCO.NCCO.NCCO.[Pd+2]. The average molecular weight is 553 g/mol. The number of hydrogen-bond acceptors (Lipinski definition) is 12. The zero-order valence-electron chi connectivity index (χ0n) is 18.9. The molecule has 0 aliphatic rings. The maximum Gasteiger partial charge on any atom is 2.00 e. The molecule has 31 heavy (non-hydrogen) atoms. The zero-order chi connectivity index (χ0) is 25.1. The quantitative estimate of drug-likeness (QED) is 0.119. The van der Waals surface area contributed by atoms with Gasteiger partial charge in [0.15, 0.2) is 0 Å². The molecule has 196 valence electrons. The van der Waals surface area contributed by atoms with Gasteiger partial charge in [0.05, 0.1) is 26.4 Å². The Bertz CT molecular complexity index is 241. The molecule has 0 heterocycles. The second kappa shape index (κ2) is 63.0. The van der Waals surface area contributed by atoms with Crippen LogP contribution in [0.1, 0.15) is 52.4 Å². The summed E-state index contributed by atoms with van der Waals surface area (Å²) in [6.07, 6.45) is 3.74. The van der Waals surface area contributed by atoms with E-state index in [-0.39, 0.29) is 59.7 Å². The number of rotatable bonds is 10. The molecule has 0 spiro atoms. The summed E-state index contributed by atoms with van der Waals surface area (Å²) >= 11 is 0. The van der Waals surface area contributed by atoms with Crippen LogP contribution < -0.4 is 33.1 Å². The van der Waals surface area contributed by atoms with Gasteiger partial charge in [-0.2, -0.15) is 0 Å². The molecule has 0 aromatic rings. The molecule has 0 saturated heterocycles. The maximum atomic E-state index is 9.65. The topological polar surface area (TPSA) is 265 Å². The van der Waals surface area contributed by atoms with Crippen LogP contribution in [0.2, 0.25) is 0 Å². The third-order valence-corrected chi connectivity index (χ3v) is 1.99. The number of aliphatic carboxylic acids is 2. The number of carboxylic acids is 2. The molecular weight excluding hydrogens is 507 g/mol. The fraction of sp³-hybridized carbons (Fsp3) is 0.889. The molecule has 0 rings (SSSR count). The molecule has 0 fully saturated rings. The molecule has 0 radical (unpaired) electrons. The summed E-state index contributed by atoms with van der Waals surface area (Å²) in [6, 6.07) is 0. The van der Waals surface area contributed by atoms with Crippen LogP contribution in [-0.2, 0) is 30.0 Å². The van der Waals surface area contributed by atoms with E-state index in [1.54, 1.807) is 0 Å². The number of carboxylic acid groups (broad SMARTS) is 2. The van der Waals surface area contributed by atoms with E-state index in [1.807, 2.05) is 13.8 Å². The number of aliphatic hydroxyl groups is 4. The van der Waals surface area contributed by atoms with Crippen LogP contribution in [-0.4, -0.2) is 85.0 Å². The van der Waals surface area contributed by atoms with Crippen LogP contribution in [0.25, 0.3) is 0 Å². The standard InChI is InChI=1S/2C5H10O2.4C2H7NO.Pd/c2*1-2-3-4-5(6)7;4*3-1-2-4;/h2*2-4H2,1H3,(H,6,7);4*4H,1-3H2;/q;;;;;;+2/p-2. The van der Waals surface area contributed by atoms with Crippen molar-refractivity contribution in [3.8, 4) is 0 Å². The number of carbonyl (C=O) groups excluding carboxylic acids is 2. The van der Waals surface area contributed by atoms with E-state index >= 15 is 0 Å². The van der Waals surface area contributed by atoms with Gasteiger partial charge in [0.2, 0.25) is 0 Å². The Morgan fingerprint density at radius 1 is 0.613 bits per heavy atom.